The van der Waals surface area contributed by atoms with E-state index in [0.29, 0.717) is 16.9 Å². The molecule has 158 valence electrons. The minimum atomic E-state index is -0.450. The number of anilines is 1. The Hall–Kier alpha value is -3.07. The molecule has 4 bridgehead atoms. The zero-order valence-corrected chi connectivity index (χ0v) is 17.5. The summed E-state index contributed by atoms with van der Waals surface area (Å²) in [4.78, 5) is 17.1. The molecule has 1 saturated carbocycles. The van der Waals surface area contributed by atoms with Gasteiger partial charge in [-0.15, -0.1) is 0 Å². The Bertz CT molecular complexity index is 887. The summed E-state index contributed by atoms with van der Waals surface area (Å²) in [6, 6.07) is 5.61. The van der Waals surface area contributed by atoms with Crippen LogP contribution in [0.25, 0.3) is 0 Å². The zero-order chi connectivity index (χ0) is 21.3. The number of nitrogens with one attached hydrogen (secondary N) is 5. The molecule has 8 nitrogen and oxygen atoms in total. The van der Waals surface area contributed by atoms with Gasteiger partial charge in [0.15, 0.2) is 0 Å². The summed E-state index contributed by atoms with van der Waals surface area (Å²) in [6.07, 6.45) is 12.3. The van der Waals surface area contributed by atoms with Gasteiger partial charge in [0.05, 0.1) is 5.57 Å². The molecule has 3 aliphatic rings. The highest BCUT2D eigenvalue weighted by molar-refractivity contribution is 7.97. The van der Waals surface area contributed by atoms with E-state index < -0.39 is 5.91 Å². The first-order valence-corrected chi connectivity index (χ1v) is 10.7. The van der Waals surface area contributed by atoms with E-state index in [9.17, 15) is 4.79 Å². The molecule has 1 fully saturated rings. The van der Waals surface area contributed by atoms with Gasteiger partial charge in [-0.2, -0.15) is 0 Å². The monoisotopic (exact) mass is 425 g/mol. The van der Waals surface area contributed by atoms with Crippen LogP contribution in [-0.4, -0.2) is 29.5 Å². The largest absolute Gasteiger partial charge is 0.384 e. The fraction of sp³-hybridized carbons (Fsp3) is 0.333. The minimum absolute atomic E-state index is 0.0901. The lowest BCUT2D eigenvalue weighted by atomic mass is 9.71. The van der Waals surface area contributed by atoms with Crippen molar-refractivity contribution in [1.29, 1.82) is 10.8 Å². The lowest BCUT2D eigenvalue weighted by Gasteiger charge is -2.37. The number of hydrogen-bond donors (Lipinski definition) is 6. The average Bonchev–Trinajstić information content (AvgIpc) is 2.70. The quantitative estimate of drug-likeness (QED) is 0.249. The summed E-state index contributed by atoms with van der Waals surface area (Å²) in [6.45, 7) is 0.855. The van der Waals surface area contributed by atoms with Crippen LogP contribution in [0, 0.1) is 22.7 Å². The molecule has 1 aromatic rings. The maximum Gasteiger partial charge on any atom is 0.265 e. The van der Waals surface area contributed by atoms with Gasteiger partial charge >= 0.3 is 0 Å². The lowest BCUT2D eigenvalue weighted by Crippen LogP contribution is -2.30. The van der Waals surface area contributed by atoms with E-state index in [4.69, 9.17) is 16.6 Å². The molecule has 2 aliphatic heterocycles. The third kappa shape index (κ3) is 5.96. The van der Waals surface area contributed by atoms with Crippen LogP contribution in [0.1, 0.15) is 25.7 Å². The summed E-state index contributed by atoms with van der Waals surface area (Å²) in [7, 11) is 0. The first kappa shape index (κ1) is 21.6. The van der Waals surface area contributed by atoms with E-state index in [1.54, 1.807) is 18.4 Å². The number of allylic oxidation sites excluding steroid dienone is 4. The summed E-state index contributed by atoms with van der Waals surface area (Å²) in [5.41, 5.74) is 6.71. The van der Waals surface area contributed by atoms with Crippen LogP contribution in [0.4, 0.5) is 5.82 Å². The fourth-order valence-electron chi connectivity index (χ4n) is 3.51. The molecule has 9 heteroatoms. The Morgan fingerprint density at radius 2 is 2.17 bits per heavy atom. The van der Waals surface area contributed by atoms with Gasteiger partial charge in [0.1, 0.15) is 16.7 Å². The molecule has 0 radical (unpaired) electrons. The Morgan fingerprint density at radius 3 is 2.93 bits per heavy atom. The number of carbonyl (C=O) groups excluding carboxylic acids is 1. The number of rotatable bonds is 4. The van der Waals surface area contributed by atoms with E-state index in [1.807, 2.05) is 24.3 Å². The Kier molecular flexibility index (Phi) is 7.67. The number of carbonyl (C=O) groups is 1. The maximum absolute atomic E-state index is 12.6. The normalized spacial score (nSPS) is 25.9. The van der Waals surface area contributed by atoms with Gasteiger partial charge in [-0.3, -0.25) is 14.9 Å². The van der Waals surface area contributed by atoms with Crippen LogP contribution in [0.15, 0.2) is 58.9 Å². The van der Waals surface area contributed by atoms with Crippen LogP contribution < -0.4 is 21.1 Å². The topological polar surface area (TPSA) is 140 Å². The molecule has 0 atom stereocenters. The van der Waals surface area contributed by atoms with Gasteiger partial charge < -0.3 is 21.8 Å². The van der Waals surface area contributed by atoms with Gasteiger partial charge in [-0.05, 0) is 67.9 Å². The molecule has 1 amide bonds. The van der Waals surface area contributed by atoms with Crippen LogP contribution in [-0.2, 0) is 4.79 Å². The van der Waals surface area contributed by atoms with Gasteiger partial charge in [0.2, 0.25) is 0 Å². The second-order valence-corrected chi connectivity index (χ2v) is 8.11. The highest BCUT2D eigenvalue weighted by Crippen LogP contribution is 2.40. The number of nitrogens with zero attached hydrogens (tertiary/aromatic N) is 1. The molecule has 1 aromatic heterocycles. The highest BCUT2D eigenvalue weighted by Gasteiger charge is 2.31. The van der Waals surface area contributed by atoms with Crippen molar-refractivity contribution < 1.29 is 4.79 Å². The second-order valence-electron chi connectivity index (χ2n) is 7.28. The van der Waals surface area contributed by atoms with Crippen molar-refractivity contribution in [3.8, 4) is 0 Å². The Labute approximate surface area is 180 Å². The van der Waals surface area contributed by atoms with E-state index in [0.717, 1.165) is 55.7 Å². The fourth-order valence-corrected chi connectivity index (χ4v) is 4.11. The maximum atomic E-state index is 12.6. The summed E-state index contributed by atoms with van der Waals surface area (Å²) in [5, 5.41) is 22.1. The van der Waals surface area contributed by atoms with Crippen molar-refractivity contribution >= 4 is 35.7 Å². The van der Waals surface area contributed by atoms with Crippen molar-refractivity contribution in [1.82, 2.24) is 15.0 Å². The van der Waals surface area contributed by atoms with Crippen LogP contribution >= 0.6 is 11.9 Å². The molecular formula is C21H27N7OS. The summed E-state index contributed by atoms with van der Waals surface area (Å²) < 4.78 is 2.71. The zero-order valence-electron chi connectivity index (χ0n) is 16.7. The van der Waals surface area contributed by atoms with Crippen LogP contribution in [0.5, 0.6) is 0 Å². The smallest absolute Gasteiger partial charge is 0.265 e. The first-order chi connectivity index (χ1) is 14.6. The predicted molar refractivity (Wildman–Crippen MR) is 121 cm³/mol. The number of aromatic nitrogens is 1. The number of nitrogens with two attached hydrogens (primary N) is 1. The van der Waals surface area contributed by atoms with E-state index in [2.05, 4.69) is 20.3 Å². The van der Waals surface area contributed by atoms with E-state index in [1.165, 1.54) is 6.21 Å². The molecule has 30 heavy (non-hydrogen) atoms. The second kappa shape index (κ2) is 10.6. The molecular weight excluding hydrogens is 398 g/mol. The molecule has 0 spiro atoms. The van der Waals surface area contributed by atoms with Crippen molar-refractivity contribution in [2.75, 3.05) is 11.9 Å². The minimum Gasteiger partial charge on any atom is -0.384 e. The average molecular weight is 426 g/mol. The van der Waals surface area contributed by atoms with Crippen molar-refractivity contribution in [3.63, 3.8) is 0 Å². The predicted octanol–water partition coefficient (Wildman–Crippen LogP) is 2.94. The van der Waals surface area contributed by atoms with Crippen molar-refractivity contribution in [3.05, 3.63) is 53.9 Å². The Morgan fingerprint density at radius 1 is 1.33 bits per heavy atom. The van der Waals surface area contributed by atoms with E-state index >= 15 is 0 Å². The number of amides is 1. The molecule has 4 rings (SSSR count). The van der Waals surface area contributed by atoms with Gasteiger partial charge in [0.25, 0.3) is 5.91 Å². The SMILES string of the molecule is N=C/C=C\N/C1=C/C=C(\C(=N)N)C(=O)NSc2cccc(n2)NCCCC2CC1C2. The highest BCUT2D eigenvalue weighted by atomic mass is 32.2. The number of pyridine rings is 1. The van der Waals surface area contributed by atoms with Gasteiger partial charge in [0, 0.05) is 36.6 Å². The molecule has 0 aromatic carbocycles. The molecule has 0 saturated heterocycles. The van der Waals surface area contributed by atoms with Gasteiger partial charge in [-0.25, -0.2) is 4.98 Å². The summed E-state index contributed by atoms with van der Waals surface area (Å²) >= 11 is 1.09. The third-order valence-corrected chi connectivity index (χ3v) is 5.87. The number of amidine groups is 1. The number of hydrogen-bond acceptors (Lipinski definition) is 7. The summed E-state index contributed by atoms with van der Waals surface area (Å²) in [5.74, 6) is 1.05. The molecule has 3 heterocycles. The van der Waals surface area contributed by atoms with Crippen LogP contribution in [0.3, 0.4) is 0 Å². The van der Waals surface area contributed by atoms with Gasteiger partial charge in [-0.1, -0.05) is 6.07 Å². The third-order valence-electron chi connectivity index (χ3n) is 5.15. The Balaban J connectivity index is 1.85. The standard InChI is InChI=1S/C21H27N7OS/c22-9-3-11-25-17-8-7-16(20(23)24)21(29)28-30-19-6-1-5-18(27-19)26-10-2-4-14-12-15(17)13-14/h1,3,5-9,11,14-15,22,25H,2,4,10,12-13H2,(H3,23,24)(H,26,27)(H,28,29)/b11-3-,16-7+,17-8+,22-9?. The molecule has 0 unspecified atom stereocenters. The number of fused-ring (bicyclic) bond motifs is 7. The van der Waals surface area contributed by atoms with Crippen molar-refractivity contribution in [2.45, 2.75) is 30.7 Å². The molecule has 1 aliphatic carbocycles. The van der Waals surface area contributed by atoms with E-state index in [-0.39, 0.29) is 11.4 Å². The molecule has 7 N–H and O–H groups in total. The van der Waals surface area contributed by atoms with Crippen molar-refractivity contribution in [2.24, 2.45) is 17.6 Å². The van der Waals surface area contributed by atoms with Crippen LogP contribution in [0.2, 0.25) is 0 Å². The first-order valence-electron chi connectivity index (χ1n) is 9.93. The lowest BCUT2D eigenvalue weighted by molar-refractivity contribution is -0.115.